The molecule has 0 aliphatic rings. The summed E-state index contributed by atoms with van der Waals surface area (Å²) < 4.78 is 27.8. The van der Waals surface area contributed by atoms with Gasteiger partial charge in [0.05, 0.1) is 5.39 Å². The van der Waals surface area contributed by atoms with Gasteiger partial charge in [0.1, 0.15) is 10.8 Å². The fraction of sp³-hybridized carbons (Fsp3) is 0.130. The van der Waals surface area contributed by atoms with E-state index in [0.29, 0.717) is 26.9 Å². The number of thioether (sulfide) groups is 1. The molecule has 4 aromatic rings. The van der Waals surface area contributed by atoms with E-state index >= 15 is 0 Å². The number of aromatic nitrogens is 3. The van der Waals surface area contributed by atoms with Gasteiger partial charge >= 0.3 is 5.97 Å². The molecule has 0 bridgehead atoms. The Morgan fingerprint density at radius 3 is 2.44 bits per heavy atom. The summed E-state index contributed by atoms with van der Waals surface area (Å²) in [6.07, 6.45) is 0.165. The van der Waals surface area contributed by atoms with Crippen LogP contribution in [0.3, 0.4) is 0 Å². The van der Waals surface area contributed by atoms with E-state index in [1.165, 1.54) is 10.7 Å². The highest BCUT2D eigenvalue weighted by molar-refractivity contribution is 8.00. The molecule has 3 aromatic carbocycles. The molecule has 0 saturated heterocycles. The SMILES string of the molecule is O=C(O)C(CCn1nnc2ccccc2c1=O)Sc1ccc(-c2ccc(F)c(F)c2)cc1. The van der Waals surface area contributed by atoms with Crippen LogP contribution < -0.4 is 5.56 Å². The number of hydrogen-bond donors (Lipinski definition) is 1. The summed E-state index contributed by atoms with van der Waals surface area (Å²) in [7, 11) is 0. The zero-order valence-electron chi connectivity index (χ0n) is 16.6. The summed E-state index contributed by atoms with van der Waals surface area (Å²) in [6.45, 7) is 0.105. The molecular weight excluding hydrogens is 436 g/mol. The number of halogens is 2. The molecule has 0 spiro atoms. The van der Waals surface area contributed by atoms with Crippen LogP contribution in [0.2, 0.25) is 0 Å². The van der Waals surface area contributed by atoms with Gasteiger partial charge in [-0.3, -0.25) is 9.59 Å². The number of nitrogens with zero attached hydrogens (tertiary/aromatic N) is 3. The van der Waals surface area contributed by atoms with Crippen LogP contribution in [0.1, 0.15) is 6.42 Å². The summed E-state index contributed by atoms with van der Waals surface area (Å²) in [4.78, 5) is 25.0. The number of hydrogen-bond acceptors (Lipinski definition) is 5. The van der Waals surface area contributed by atoms with Crippen molar-refractivity contribution in [3.8, 4) is 11.1 Å². The van der Waals surface area contributed by atoms with E-state index in [1.54, 1.807) is 48.5 Å². The van der Waals surface area contributed by atoms with E-state index in [-0.39, 0.29) is 18.5 Å². The second-order valence-electron chi connectivity index (χ2n) is 7.02. The molecule has 0 fully saturated rings. The van der Waals surface area contributed by atoms with Crippen LogP contribution in [-0.2, 0) is 11.3 Å². The zero-order valence-corrected chi connectivity index (χ0v) is 17.4. The van der Waals surface area contributed by atoms with Gasteiger partial charge in [0.2, 0.25) is 0 Å². The Labute approximate surface area is 185 Å². The predicted octanol–water partition coefficient (Wildman–Crippen LogP) is 4.37. The van der Waals surface area contributed by atoms with Crippen molar-refractivity contribution in [1.82, 2.24) is 15.0 Å². The number of aliphatic carboxylic acids is 1. The minimum atomic E-state index is -1.01. The molecule has 1 atom stereocenters. The molecule has 0 aliphatic carbocycles. The van der Waals surface area contributed by atoms with Crippen molar-refractivity contribution < 1.29 is 18.7 Å². The van der Waals surface area contributed by atoms with Gasteiger partial charge in [0, 0.05) is 11.4 Å². The van der Waals surface area contributed by atoms with Crippen molar-refractivity contribution in [2.24, 2.45) is 0 Å². The normalized spacial score (nSPS) is 12.1. The number of fused-ring (bicyclic) bond motifs is 1. The molecule has 0 amide bonds. The predicted molar refractivity (Wildman–Crippen MR) is 117 cm³/mol. The second-order valence-corrected chi connectivity index (χ2v) is 8.30. The molecule has 162 valence electrons. The molecule has 1 N–H and O–H groups in total. The topological polar surface area (TPSA) is 85.1 Å². The number of carboxylic acid groups (broad SMARTS) is 1. The Kier molecular flexibility index (Phi) is 6.27. The Bertz CT molecular complexity index is 1340. The van der Waals surface area contributed by atoms with Gasteiger partial charge in [-0.2, -0.15) is 0 Å². The molecule has 1 heterocycles. The smallest absolute Gasteiger partial charge is 0.317 e. The van der Waals surface area contributed by atoms with E-state index in [1.807, 2.05) is 0 Å². The number of aryl methyl sites for hydroxylation is 1. The lowest BCUT2D eigenvalue weighted by atomic mass is 10.1. The van der Waals surface area contributed by atoms with Gasteiger partial charge in [0.15, 0.2) is 11.6 Å². The van der Waals surface area contributed by atoms with Crippen LogP contribution in [0.15, 0.2) is 76.4 Å². The molecule has 6 nitrogen and oxygen atoms in total. The lowest BCUT2D eigenvalue weighted by Crippen LogP contribution is -2.27. The molecule has 0 aliphatic heterocycles. The van der Waals surface area contributed by atoms with Crippen LogP contribution in [-0.4, -0.2) is 31.3 Å². The minimum Gasteiger partial charge on any atom is -0.480 e. The lowest BCUT2D eigenvalue weighted by molar-refractivity contribution is -0.136. The Morgan fingerprint density at radius 2 is 1.72 bits per heavy atom. The number of rotatable bonds is 7. The fourth-order valence-corrected chi connectivity index (χ4v) is 4.15. The van der Waals surface area contributed by atoms with E-state index in [4.69, 9.17) is 0 Å². The molecule has 4 rings (SSSR count). The Morgan fingerprint density at radius 1 is 1.00 bits per heavy atom. The highest BCUT2D eigenvalue weighted by Crippen LogP contribution is 2.29. The Hall–Kier alpha value is -3.59. The molecule has 1 aromatic heterocycles. The first-order chi connectivity index (χ1) is 15.4. The van der Waals surface area contributed by atoms with Gasteiger partial charge in [-0.1, -0.05) is 35.5 Å². The summed E-state index contributed by atoms with van der Waals surface area (Å²) in [5.41, 5.74) is 1.36. The van der Waals surface area contributed by atoms with Gasteiger partial charge in [-0.25, -0.2) is 13.5 Å². The standard InChI is InChI=1S/C23H17F2N3O3S/c24-18-10-7-15(13-19(18)25)14-5-8-16(9-6-14)32-21(23(30)31)11-12-28-22(29)17-3-1-2-4-20(17)26-27-28/h1-10,13,21H,11-12H2,(H,30,31). The third-order valence-electron chi connectivity index (χ3n) is 4.89. The van der Waals surface area contributed by atoms with E-state index in [0.717, 1.165) is 23.9 Å². The van der Waals surface area contributed by atoms with E-state index in [9.17, 15) is 23.5 Å². The van der Waals surface area contributed by atoms with Crippen LogP contribution in [0.4, 0.5) is 8.78 Å². The summed E-state index contributed by atoms with van der Waals surface area (Å²) >= 11 is 1.14. The molecular formula is C23H17F2N3O3S. The fourth-order valence-electron chi connectivity index (χ4n) is 3.21. The zero-order chi connectivity index (χ0) is 22.7. The van der Waals surface area contributed by atoms with Gasteiger partial charge in [0.25, 0.3) is 5.56 Å². The maximum Gasteiger partial charge on any atom is 0.317 e. The van der Waals surface area contributed by atoms with Crippen LogP contribution >= 0.6 is 11.8 Å². The average molecular weight is 453 g/mol. The summed E-state index contributed by atoms with van der Waals surface area (Å²) in [5, 5.41) is 17.1. The van der Waals surface area contributed by atoms with Crippen molar-refractivity contribution in [2.45, 2.75) is 23.1 Å². The molecule has 32 heavy (non-hydrogen) atoms. The van der Waals surface area contributed by atoms with Crippen molar-refractivity contribution in [1.29, 1.82) is 0 Å². The largest absolute Gasteiger partial charge is 0.480 e. The molecule has 9 heteroatoms. The lowest BCUT2D eigenvalue weighted by Gasteiger charge is -2.13. The summed E-state index contributed by atoms with van der Waals surface area (Å²) in [6, 6.07) is 17.4. The minimum absolute atomic E-state index is 0.105. The third kappa shape index (κ3) is 4.67. The van der Waals surface area contributed by atoms with E-state index < -0.39 is 22.9 Å². The second kappa shape index (κ2) is 9.27. The van der Waals surface area contributed by atoms with Crippen LogP contribution in [0.5, 0.6) is 0 Å². The quantitative estimate of drug-likeness (QED) is 0.418. The van der Waals surface area contributed by atoms with Crippen molar-refractivity contribution in [3.05, 3.63) is 88.7 Å². The number of benzene rings is 3. The first-order valence-electron chi connectivity index (χ1n) is 9.70. The monoisotopic (exact) mass is 453 g/mol. The summed E-state index contributed by atoms with van der Waals surface area (Å²) in [5.74, 6) is -2.86. The maximum atomic E-state index is 13.5. The van der Waals surface area contributed by atoms with Gasteiger partial charge in [-0.05, 0) is 53.9 Å². The highest BCUT2D eigenvalue weighted by atomic mass is 32.2. The molecule has 0 saturated carbocycles. The van der Waals surface area contributed by atoms with Crippen molar-refractivity contribution in [3.63, 3.8) is 0 Å². The van der Waals surface area contributed by atoms with Gasteiger partial charge in [-0.15, -0.1) is 16.9 Å². The first-order valence-corrected chi connectivity index (χ1v) is 10.6. The van der Waals surface area contributed by atoms with Crippen molar-refractivity contribution in [2.75, 3.05) is 0 Å². The molecule has 1 unspecified atom stereocenters. The van der Waals surface area contributed by atoms with E-state index in [2.05, 4.69) is 10.3 Å². The number of carboxylic acids is 1. The maximum absolute atomic E-state index is 13.5. The first kappa shape index (κ1) is 21.6. The van der Waals surface area contributed by atoms with Gasteiger partial charge < -0.3 is 5.11 Å². The number of carbonyl (C=O) groups is 1. The van der Waals surface area contributed by atoms with Crippen molar-refractivity contribution >= 4 is 28.6 Å². The highest BCUT2D eigenvalue weighted by Gasteiger charge is 2.20. The average Bonchev–Trinajstić information content (AvgIpc) is 2.80. The van der Waals surface area contributed by atoms with Crippen LogP contribution in [0.25, 0.3) is 22.0 Å². The Balaban J connectivity index is 1.47. The molecule has 0 radical (unpaired) electrons. The van der Waals surface area contributed by atoms with Crippen LogP contribution in [0, 0.1) is 11.6 Å². The third-order valence-corrected chi connectivity index (χ3v) is 6.16.